The molecule has 4 rings (SSSR count). The van der Waals surface area contributed by atoms with Crippen LogP contribution in [0, 0.1) is 5.82 Å². The first kappa shape index (κ1) is 22.5. The molecule has 3 N–H and O–H groups in total. The van der Waals surface area contributed by atoms with E-state index in [0.717, 1.165) is 28.3 Å². The van der Waals surface area contributed by atoms with Crippen LogP contribution in [0.4, 0.5) is 9.18 Å². The summed E-state index contributed by atoms with van der Waals surface area (Å²) in [5.74, 6) is -0.552. The molecule has 2 unspecified atom stereocenters. The van der Waals surface area contributed by atoms with Gasteiger partial charge in [0.1, 0.15) is 18.5 Å². The summed E-state index contributed by atoms with van der Waals surface area (Å²) in [6.45, 7) is 0.299. The molecule has 0 saturated carbocycles. The molecule has 1 amide bonds. The quantitative estimate of drug-likeness (QED) is 0.431. The first-order chi connectivity index (χ1) is 15.4. The van der Waals surface area contributed by atoms with Crippen LogP contribution in [0.25, 0.3) is 11.1 Å². The maximum absolute atomic E-state index is 13.5. The number of benzene rings is 3. The monoisotopic (exact) mass is 499 g/mol. The highest BCUT2D eigenvalue weighted by Gasteiger charge is 2.29. The molecule has 1 aliphatic rings. The van der Waals surface area contributed by atoms with Crippen molar-refractivity contribution in [2.24, 2.45) is 0 Å². The molecule has 166 valence electrons. The number of nitrogens with one attached hydrogen (secondary N) is 1. The molecule has 0 heterocycles. The molecular weight excluding hydrogens is 477 g/mol. The van der Waals surface area contributed by atoms with E-state index in [4.69, 9.17) is 4.74 Å². The van der Waals surface area contributed by atoms with Crippen LogP contribution in [-0.4, -0.2) is 35.6 Å². The second-order valence-electron chi connectivity index (χ2n) is 7.76. The summed E-state index contributed by atoms with van der Waals surface area (Å²) >= 11 is 3.16. The Kier molecular flexibility index (Phi) is 6.89. The molecule has 2 atom stereocenters. The van der Waals surface area contributed by atoms with E-state index < -0.39 is 24.1 Å². The van der Waals surface area contributed by atoms with Crippen LogP contribution < -0.4 is 5.32 Å². The third kappa shape index (κ3) is 4.85. The van der Waals surface area contributed by atoms with Gasteiger partial charge in [-0.2, -0.15) is 0 Å². The minimum atomic E-state index is -1.27. The Morgan fingerprint density at radius 2 is 1.66 bits per heavy atom. The van der Waals surface area contributed by atoms with Crippen molar-refractivity contribution in [3.05, 3.63) is 93.7 Å². The molecule has 0 radical (unpaired) electrons. The van der Waals surface area contributed by atoms with Crippen molar-refractivity contribution < 1.29 is 24.1 Å². The lowest BCUT2D eigenvalue weighted by atomic mass is 9.98. The van der Waals surface area contributed by atoms with Crippen molar-refractivity contribution in [1.82, 2.24) is 5.32 Å². The number of rotatable bonds is 7. The zero-order chi connectivity index (χ0) is 22.7. The van der Waals surface area contributed by atoms with Crippen LogP contribution in [-0.2, 0) is 4.74 Å². The number of aliphatic hydroxyl groups excluding tert-OH is 2. The summed E-state index contributed by atoms with van der Waals surface area (Å²) in [4.78, 5) is 12.2. The van der Waals surface area contributed by atoms with Crippen LogP contribution in [0.5, 0.6) is 0 Å². The highest BCUT2D eigenvalue weighted by atomic mass is 79.9. The van der Waals surface area contributed by atoms with Gasteiger partial charge in [-0.15, -0.1) is 0 Å². The number of alkyl carbamates (subject to hydrolysis) is 1. The van der Waals surface area contributed by atoms with E-state index >= 15 is 0 Å². The molecule has 7 heteroatoms. The summed E-state index contributed by atoms with van der Waals surface area (Å²) in [6, 6.07) is 20.1. The van der Waals surface area contributed by atoms with E-state index in [1.807, 2.05) is 36.4 Å². The zero-order valence-electron chi connectivity index (χ0n) is 17.2. The van der Waals surface area contributed by atoms with E-state index in [-0.39, 0.29) is 31.1 Å². The predicted molar refractivity (Wildman–Crippen MR) is 123 cm³/mol. The van der Waals surface area contributed by atoms with Gasteiger partial charge < -0.3 is 20.3 Å². The largest absolute Gasteiger partial charge is 0.449 e. The minimum absolute atomic E-state index is 0.0352. The van der Waals surface area contributed by atoms with Crippen molar-refractivity contribution in [2.45, 2.75) is 24.5 Å². The SMILES string of the molecule is O=C(NCCC(O)C(O)c1cc(F)cc(Br)c1)OCC1c2ccccc2-c2ccccc21. The smallest absolute Gasteiger partial charge is 0.407 e. The number of halogens is 2. The normalized spacial score (nSPS) is 14.4. The Morgan fingerprint density at radius 1 is 1.03 bits per heavy atom. The predicted octanol–water partition coefficient (Wildman–Crippen LogP) is 4.91. The summed E-state index contributed by atoms with van der Waals surface area (Å²) in [5, 5.41) is 23.1. The maximum atomic E-state index is 13.5. The van der Waals surface area contributed by atoms with Gasteiger partial charge in [0.05, 0.1) is 6.10 Å². The van der Waals surface area contributed by atoms with Gasteiger partial charge in [-0.1, -0.05) is 64.5 Å². The summed E-state index contributed by atoms with van der Waals surface area (Å²) < 4.78 is 19.4. The number of hydrogen-bond donors (Lipinski definition) is 3. The van der Waals surface area contributed by atoms with E-state index in [1.54, 1.807) is 0 Å². The van der Waals surface area contributed by atoms with Crippen molar-refractivity contribution >= 4 is 22.0 Å². The number of ether oxygens (including phenoxy) is 1. The summed E-state index contributed by atoms with van der Waals surface area (Å²) in [7, 11) is 0. The Balaban J connectivity index is 1.29. The van der Waals surface area contributed by atoms with Crippen LogP contribution in [0.3, 0.4) is 0 Å². The average Bonchev–Trinajstić information content (AvgIpc) is 3.10. The Bertz CT molecular complexity index is 1060. The lowest BCUT2D eigenvalue weighted by Crippen LogP contribution is -2.30. The molecule has 32 heavy (non-hydrogen) atoms. The number of amides is 1. The van der Waals surface area contributed by atoms with Gasteiger partial charge in [0, 0.05) is 16.9 Å². The second-order valence-corrected chi connectivity index (χ2v) is 8.67. The molecule has 0 aliphatic heterocycles. The number of hydrogen-bond acceptors (Lipinski definition) is 4. The van der Waals surface area contributed by atoms with E-state index in [2.05, 4.69) is 33.4 Å². The fourth-order valence-electron chi connectivity index (χ4n) is 4.10. The van der Waals surface area contributed by atoms with Crippen LogP contribution in [0.2, 0.25) is 0 Å². The lowest BCUT2D eigenvalue weighted by molar-refractivity contribution is 0.0135. The van der Waals surface area contributed by atoms with Crippen molar-refractivity contribution in [1.29, 1.82) is 0 Å². The molecular formula is C25H23BrFNO4. The standard InChI is InChI=1S/C25H23BrFNO4/c26-16-11-15(12-17(27)13-16)24(30)23(29)9-10-28-25(31)32-14-22-20-7-3-1-5-18(20)19-6-2-4-8-21(19)22/h1-8,11-13,22-24,29-30H,9-10,14H2,(H,28,31). The van der Waals surface area contributed by atoms with Crippen molar-refractivity contribution in [2.75, 3.05) is 13.2 Å². The van der Waals surface area contributed by atoms with Crippen molar-refractivity contribution in [3.8, 4) is 11.1 Å². The molecule has 1 aliphatic carbocycles. The minimum Gasteiger partial charge on any atom is -0.449 e. The third-order valence-corrected chi connectivity index (χ3v) is 6.10. The van der Waals surface area contributed by atoms with Crippen LogP contribution in [0.15, 0.2) is 71.2 Å². The van der Waals surface area contributed by atoms with Crippen molar-refractivity contribution in [3.63, 3.8) is 0 Å². The fraction of sp³-hybridized carbons (Fsp3) is 0.240. The topological polar surface area (TPSA) is 78.8 Å². The van der Waals surface area contributed by atoms with Crippen LogP contribution in [0.1, 0.15) is 35.1 Å². The number of carbonyl (C=O) groups excluding carboxylic acids is 1. The molecule has 0 bridgehead atoms. The molecule has 3 aromatic carbocycles. The molecule has 0 aromatic heterocycles. The van der Waals surface area contributed by atoms with Gasteiger partial charge >= 0.3 is 6.09 Å². The molecule has 3 aromatic rings. The van der Waals surface area contributed by atoms with Gasteiger partial charge in [-0.05, 0) is 52.4 Å². The number of carbonyl (C=O) groups is 1. The second kappa shape index (κ2) is 9.81. The zero-order valence-corrected chi connectivity index (χ0v) is 18.8. The van der Waals surface area contributed by atoms with E-state index in [1.165, 1.54) is 12.1 Å². The number of fused-ring (bicyclic) bond motifs is 3. The Morgan fingerprint density at radius 3 is 2.28 bits per heavy atom. The van der Waals surface area contributed by atoms with E-state index in [9.17, 15) is 19.4 Å². The summed E-state index contributed by atoms with van der Waals surface area (Å²) in [5.41, 5.74) is 4.81. The third-order valence-electron chi connectivity index (χ3n) is 5.64. The van der Waals surface area contributed by atoms with Gasteiger partial charge in [0.2, 0.25) is 0 Å². The van der Waals surface area contributed by atoms with E-state index in [0.29, 0.717) is 4.47 Å². The van der Waals surface area contributed by atoms with Gasteiger partial charge in [-0.3, -0.25) is 0 Å². The fourth-order valence-corrected chi connectivity index (χ4v) is 4.58. The highest BCUT2D eigenvalue weighted by Crippen LogP contribution is 2.44. The Hall–Kier alpha value is -2.74. The molecule has 5 nitrogen and oxygen atoms in total. The van der Waals surface area contributed by atoms with Crippen LogP contribution >= 0.6 is 15.9 Å². The first-order valence-electron chi connectivity index (χ1n) is 10.3. The lowest BCUT2D eigenvalue weighted by Gasteiger charge is -2.19. The van der Waals surface area contributed by atoms with Gasteiger partial charge in [0.25, 0.3) is 0 Å². The number of aliphatic hydroxyl groups is 2. The molecule has 0 fully saturated rings. The highest BCUT2D eigenvalue weighted by molar-refractivity contribution is 9.10. The maximum Gasteiger partial charge on any atom is 0.407 e. The first-order valence-corrected chi connectivity index (χ1v) is 11.1. The summed E-state index contributed by atoms with van der Waals surface area (Å²) in [6.07, 6.45) is -2.95. The molecule has 0 spiro atoms. The molecule has 0 saturated heterocycles. The van der Waals surface area contributed by atoms with Gasteiger partial charge in [-0.25, -0.2) is 9.18 Å². The Labute approximate surface area is 194 Å². The van der Waals surface area contributed by atoms with Gasteiger partial charge in [0.15, 0.2) is 0 Å². The average molecular weight is 500 g/mol.